The highest BCUT2D eigenvalue weighted by molar-refractivity contribution is 7.09. The molecule has 0 amide bonds. The summed E-state index contributed by atoms with van der Waals surface area (Å²) in [7, 11) is 0. The van der Waals surface area contributed by atoms with Gasteiger partial charge < -0.3 is 10.6 Å². The third kappa shape index (κ3) is 2.38. The molecule has 0 aromatic carbocycles. The molecular formula is C11H19N3S. The summed E-state index contributed by atoms with van der Waals surface area (Å²) in [6, 6.07) is 0. The first-order chi connectivity index (χ1) is 7.37. The van der Waals surface area contributed by atoms with E-state index in [9.17, 15) is 0 Å². The van der Waals surface area contributed by atoms with Gasteiger partial charge in [0.15, 0.2) is 0 Å². The standard InChI is InChI=1S/C11H19N3S/c1-2-5-14-11(3-6-12-7-4-11)10-13-8-9-15-10/h8-9,12,14H,2-7H2,1H3. The number of piperidine rings is 1. The van der Waals surface area contributed by atoms with Crippen LogP contribution in [0.1, 0.15) is 31.2 Å². The maximum atomic E-state index is 4.49. The van der Waals surface area contributed by atoms with Crippen molar-refractivity contribution in [2.75, 3.05) is 19.6 Å². The average molecular weight is 225 g/mol. The highest BCUT2D eigenvalue weighted by Crippen LogP contribution is 2.31. The van der Waals surface area contributed by atoms with Crippen molar-refractivity contribution in [3.05, 3.63) is 16.6 Å². The fourth-order valence-corrected chi connectivity index (χ4v) is 3.02. The van der Waals surface area contributed by atoms with Crippen LogP contribution in [0.3, 0.4) is 0 Å². The van der Waals surface area contributed by atoms with Crippen LogP contribution in [0.4, 0.5) is 0 Å². The van der Waals surface area contributed by atoms with Gasteiger partial charge in [-0.15, -0.1) is 11.3 Å². The molecule has 1 aromatic heterocycles. The Morgan fingerprint density at radius 1 is 1.53 bits per heavy atom. The molecule has 84 valence electrons. The summed E-state index contributed by atoms with van der Waals surface area (Å²) in [6.07, 6.45) is 5.40. The number of hydrogen-bond acceptors (Lipinski definition) is 4. The molecule has 1 saturated heterocycles. The van der Waals surface area contributed by atoms with Gasteiger partial charge >= 0.3 is 0 Å². The first-order valence-electron chi connectivity index (χ1n) is 5.73. The van der Waals surface area contributed by atoms with Gasteiger partial charge in [-0.2, -0.15) is 0 Å². The summed E-state index contributed by atoms with van der Waals surface area (Å²) in [6.45, 7) is 5.48. The lowest BCUT2D eigenvalue weighted by Crippen LogP contribution is -2.50. The fourth-order valence-electron chi connectivity index (χ4n) is 2.14. The number of hydrogen-bond donors (Lipinski definition) is 2. The molecule has 2 heterocycles. The number of aromatic nitrogens is 1. The Labute approximate surface area is 95.3 Å². The summed E-state index contributed by atoms with van der Waals surface area (Å²) in [5, 5.41) is 10.4. The van der Waals surface area contributed by atoms with Gasteiger partial charge in [0.1, 0.15) is 5.01 Å². The number of nitrogens with zero attached hydrogens (tertiary/aromatic N) is 1. The van der Waals surface area contributed by atoms with Crippen LogP contribution in [0.15, 0.2) is 11.6 Å². The summed E-state index contributed by atoms with van der Waals surface area (Å²) < 4.78 is 0. The van der Waals surface area contributed by atoms with Crippen molar-refractivity contribution in [1.82, 2.24) is 15.6 Å². The first-order valence-corrected chi connectivity index (χ1v) is 6.61. The molecule has 0 atom stereocenters. The topological polar surface area (TPSA) is 37.0 Å². The molecule has 1 fully saturated rings. The van der Waals surface area contributed by atoms with Gasteiger partial charge in [0.25, 0.3) is 0 Å². The Morgan fingerprint density at radius 3 is 2.93 bits per heavy atom. The number of rotatable bonds is 4. The Kier molecular flexibility index (Phi) is 3.72. The molecule has 1 aliphatic rings. The second-order valence-corrected chi connectivity index (χ2v) is 4.99. The molecule has 2 N–H and O–H groups in total. The molecule has 4 heteroatoms. The van der Waals surface area contributed by atoms with Crippen LogP contribution in [0.25, 0.3) is 0 Å². The molecule has 0 unspecified atom stereocenters. The monoisotopic (exact) mass is 225 g/mol. The van der Waals surface area contributed by atoms with E-state index in [1.54, 1.807) is 11.3 Å². The minimum absolute atomic E-state index is 0.148. The second-order valence-electron chi connectivity index (χ2n) is 4.10. The van der Waals surface area contributed by atoms with Gasteiger partial charge in [-0.25, -0.2) is 4.98 Å². The maximum absolute atomic E-state index is 4.49. The predicted octanol–water partition coefficient (Wildman–Crippen LogP) is 1.72. The molecule has 15 heavy (non-hydrogen) atoms. The molecule has 0 saturated carbocycles. The Morgan fingerprint density at radius 2 is 2.33 bits per heavy atom. The molecule has 3 nitrogen and oxygen atoms in total. The summed E-state index contributed by atoms with van der Waals surface area (Å²) >= 11 is 1.78. The quantitative estimate of drug-likeness (QED) is 0.819. The summed E-state index contributed by atoms with van der Waals surface area (Å²) in [4.78, 5) is 4.49. The average Bonchev–Trinajstić information content (AvgIpc) is 2.82. The van der Waals surface area contributed by atoms with Crippen LogP contribution in [0.2, 0.25) is 0 Å². The van der Waals surface area contributed by atoms with Crippen LogP contribution in [0.5, 0.6) is 0 Å². The van der Waals surface area contributed by atoms with Crippen molar-refractivity contribution >= 4 is 11.3 Å². The Balaban J connectivity index is 2.14. The van der Waals surface area contributed by atoms with Gasteiger partial charge in [-0.1, -0.05) is 6.92 Å². The number of thiazole rings is 1. The van der Waals surface area contributed by atoms with Crippen LogP contribution in [0, 0.1) is 0 Å². The fraction of sp³-hybridized carbons (Fsp3) is 0.727. The lowest BCUT2D eigenvalue weighted by molar-refractivity contribution is 0.246. The van der Waals surface area contributed by atoms with E-state index < -0.39 is 0 Å². The molecule has 0 aliphatic carbocycles. The minimum atomic E-state index is 0.148. The van der Waals surface area contributed by atoms with E-state index in [1.165, 1.54) is 11.4 Å². The van der Waals surface area contributed by atoms with E-state index in [1.807, 2.05) is 6.20 Å². The molecular weight excluding hydrogens is 206 g/mol. The van der Waals surface area contributed by atoms with E-state index in [2.05, 4.69) is 27.9 Å². The third-order valence-electron chi connectivity index (χ3n) is 3.01. The summed E-state index contributed by atoms with van der Waals surface area (Å²) in [5.74, 6) is 0. The van der Waals surface area contributed by atoms with Crippen molar-refractivity contribution in [2.45, 2.75) is 31.7 Å². The smallest absolute Gasteiger partial charge is 0.113 e. The predicted molar refractivity (Wildman–Crippen MR) is 64.2 cm³/mol. The van der Waals surface area contributed by atoms with Crippen molar-refractivity contribution in [3.8, 4) is 0 Å². The van der Waals surface area contributed by atoms with Crippen molar-refractivity contribution < 1.29 is 0 Å². The molecule has 1 aliphatic heterocycles. The Bertz CT molecular complexity index is 278. The summed E-state index contributed by atoms with van der Waals surface area (Å²) in [5.41, 5.74) is 0.148. The van der Waals surface area contributed by atoms with E-state index in [-0.39, 0.29) is 5.54 Å². The first kappa shape index (κ1) is 11.0. The van der Waals surface area contributed by atoms with Crippen LogP contribution in [-0.4, -0.2) is 24.6 Å². The maximum Gasteiger partial charge on any atom is 0.113 e. The van der Waals surface area contributed by atoms with Gasteiger partial charge in [0.05, 0.1) is 5.54 Å². The minimum Gasteiger partial charge on any atom is -0.317 e. The lowest BCUT2D eigenvalue weighted by atomic mass is 9.89. The van der Waals surface area contributed by atoms with Crippen molar-refractivity contribution in [1.29, 1.82) is 0 Å². The van der Waals surface area contributed by atoms with Gasteiger partial charge in [0.2, 0.25) is 0 Å². The Hall–Kier alpha value is -0.450. The molecule has 2 rings (SSSR count). The van der Waals surface area contributed by atoms with Crippen LogP contribution < -0.4 is 10.6 Å². The van der Waals surface area contributed by atoms with E-state index >= 15 is 0 Å². The van der Waals surface area contributed by atoms with Crippen molar-refractivity contribution in [2.24, 2.45) is 0 Å². The van der Waals surface area contributed by atoms with E-state index in [0.29, 0.717) is 0 Å². The van der Waals surface area contributed by atoms with Gasteiger partial charge in [0, 0.05) is 11.6 Å². The molecule has 1 aromatic rings. The third-order valence-corrected chi connectivity index (χ3v) is 3.99. The second kappa shape index (κ2) is 5.05. The lowest BCUT2D eigenvalue weighted by Gasteiger charge is -2.37. The van der Waals surface area contributed by atoms with Crippen LogP contribution in [-0.2, 0) is 5.54 Å². The number of nitrogens with one attached hydrogen (secondary N) is 2. The molecule has 0 spiro atoms. The van der Waals surface area contributed by atoms with E-state index in [0.717, 1.165) is 32.5 Å². The molecule has 0 bridgehead atoms. The zero-order valence-corrected chi connectivity index (χ0v) is 10.1. The zero-order valence-electron chi connectivity index (χ0n) is 9.25. The van der Waals surface area contributed by atoms with Crippen molar-refractivity contribution in [3.63, 3.8) is 0 Å². The van der Waals surface area contributed by atoms with Crippen LogP contribution >= 0.6 is 11.3 Å². The van der Waals surface area contributed by atoms with Gasteiger partial charge in [-0.3, -0.25) is 0 Å². The SMILES string of the molecule is CCCNC1(c2nccs2)CCNCC1. The highest BCUT2D eigenvalue weighted by atomic mass is 32.1. The highest BCUT2D eigenvalue weighted by Gasteiger charge is 2.35. The largest absolute Gasteiger partial charge is 0.317 e. The zero-order chi connectivity index (χ0) is 10.6. The molecule has 0 radical (unpaired) electrons. The van der Waals surface area contributed by atoms with Gasteiger partial charge in [-0.05, 0) is 38.9 Å². The van der Waals surface area contributed by atoms with E-state index in [4.69, 9.17) is 0 Å². The normalized spacial score (nSPS) is 20.3.